The van der Waals surface area contributed by atoms with Gasteiger partial charge in [-0.05, 0) is 49.3 Å². The molecule has 1 aromatic rings. The molecule has 4 atom stereocenters. The maximum atomic E-state index is 12.4. The van der Waals surface area contributed by atoms with Gasteiger partial charge in [-0.1, -0.05) is 12.1 Å². The van der Waals surface area contributed by atoms with Crippen molar-refractivity contribution in [1.82, 2.24) is 10.2 Å². The van der Waals surface area contributed by atoms with Crippen LogP contribution in [0.15, 0.2) is 24.3 Å². The highest BCUT2D eigenvalue weighted by molar-refractivity contribution is 5.82. The fraction of sp³-hybridized carbons (Fsp3) is 0.632. The van der Waals surface area contributed by atoms with E-state index in [9.17, 15) is 9.90 Å². The van der Waals surface area contributed by atoms with Crippen molar-refractivity contribution in [3.63, 3.8) is 0 Å². The van der Waals surface area contributed by atoms with E-state index in [0.717, 1.165) is 37.6 Å². The van der Waals surface area contributed by atoms with Crippen molar-refractivity contribution in [2.75, 3.05) is 19.7 Å². The summed E-state index contributed by atoms with van der Waals surface area (Å²) in [5.41, 5.74) is 7.02. The standard InChI is InChI=1S/C19H27N3O3/c20-17(7-12-1-5-16(23)6-2-12)19(24)21-14-8-15-11-25-18(13-3-4-13)10-22(15)9-14/h1-2,5-6,13-15,17-18,23H,3-4,7-11,20H2,(H,21,24)/t14-,15-,17-,18+/m0/s1. The smallest absolute Gasteiger partial charge is 0.237 e. The van der Waals surface area contributed by atoms with Crippen LogP contribution < -0.4 is 11.1 Å². The minimum absolute atomic E-state index is 0.0995. The number of nitrogens with one attached hydrogen (secondary N) is 1. The summed E-state index contributed by atoms with van der Waals surface area (Å²) >= 11 is 0. The van der Waals surface area contributed by atoms with Crippen LogP contribution in [-0.4, -0.2) is 59.8 Å². The molecule has 3 fully saturated rings. The highest BCUT2D eigenvalue weighted by atomic mass is 16.5. The number of phenolic OH excluding ortho intramolecular Hbond substituents is 1. The van der Waals surface area contributed by atoms with Crippen molar-refractivity contribution < 1.29 is 14.6 Å². The lowest BCUT2D eigenvalue weighted by atomic mass is 10.1. The number of fused-ring (bicyclic) bond motifs is 1. The third-order valence-corrected chi connectivity index (χ3v) is 5.67. The summed E-state index contributed by atoms with van der Waals surface area (Å²) in [5.74, 6) is 0.877. The molecular weight excluding hydrogens is 318 g/mol. The number of amides is 1. The van der Waals surface area contributed by atoms with Crippen LogP contribution in [0.3, 0.4) is 0 Å². The van der Waals surface area contributed by atoms with Crippen molar-refractivity contribution in [1.29, 1.82) is 0 Å². The number of hydrogen-bond donors (Lipinski definition) is 3. The third kappa shape index (κ3) is 3.97. The highest BCUT2D eigenvalue weighted by Gasteiger charge is 2.42. The Morgan fingerprint density at radius 1 is 1.32 bits per heavy atom. The quantitative estimate of drug-likeness (QED) is 0.729. The first-order chi connectivity index (χ1) is 12.1. The van der Waals surface area contributed by atoms with Gasteiger partial charge in [-0.15, -0.1) is 0 Å². The second-order valence-corrected chi connectivity index (χ2v) is 7.74. The molecule has 1 saturated carbocycles. The summed E-state index contributed by atoms with van der Waals surface area (Å²) in [5, 5.41) is 12.4. The van der Waals surface area contributed by atoms with Crippen molar-refractivity contribution in [3.05, 3.63) is 29.8 Å². The Balaban J connectivity index is 1.27. The summed E-state index contributed by atoms with van der Waals surface area (Å²) < 4.78 is 6.01. The monoisotopic (exact) mass is 345 g/mol. The van der Waals surface area contributed by atoms with Gasteiger partial charge < -0.3 is 20.9 Å². The Hall–Kier alpha value is -1.63. The maximum Gasteiger partial charge on any atom is 0.237 e. The van der Waals surface area contributed by atoms with Gasteiger partial charge in [-0.3, -0.25) is 9.69 Å². The number of carbonyl (C=O) groups excluding carboxylic acids is 1. The molecule has 0 unspecified atom stereocenters. The van der Waals surface area contributed by atoms with Crippen LogP contribution in [0.5, 0.6) is 5.75 Å². The number of carbonyl (C=O) groups is 1. The number of ether oxygens (including phenoxy) is 1. The Morgan fingerprint density at radius 3 is 2.80 bits per heavy atom. The number of morpholine rings is 1. The van der Waals surface area contributed by atoms with Crippen molar-refractivity contribution in [3.8, 4) is 5.75 Å². The molecule has 1 aliphatic carbocycles. The van der Waals surface area contributed by atoms with Crippen LogP contribution in [-0.2, 0) is 16.0 Å². The summed E-state index contributed by atoms with van der Waals surface area (Å²) in [4.78, 5) is 14.9. The number of benzene rings is 1. The number of hydrogen-bond acceptors (Lipinski definition) is 5. The van der Waals surface area contributed by atoms with Gasteiger partial charge in [0.15, 0.2) is 0 Å². The topological polar surface area (TPSA) is 87.8 Å². The SMILES string of the molecule is N[C@@H](Cc1ccc(O)cc1)C(=O)N[C@H]1C[C@H]2CO[C@@H](C3CC3)CN2C1. The fourth-order valence-electron chi connectivity index (χ4n) is 4.04. The third-order valence-electron chi connectivity index (χ3n) is 5.67. The van der Waals surface area contributed by atoms with Crippen LogP contribution in [0.1, 0.15) is 24.8 Å². The van der Waals surface area contributed by atoms with E-state index >= 15 is 0 Å². The van der Waals surface area contributed by atoms with Gasteiger partial charge in [0.1, 0.15) is 5.75 Å². The first kappa shape index (κ1) is 16.8. The highest BCUT2D eigenvalue weighted by Crippen LogP contribution is 2.37. The molecule has 6 nitrogen and oxygen atoms in total. The predicted molar refractivity (Wildman–Crippen MR) is 94.2 cm³/mol. The van der Waals surface area contributed by atoms with E-state index in [1.807, 2.05) is 0 Å². The van der Waals surface area contributed by atoms with Gasteiger partial charge in [-0.25, -0.2) is 0 Å². The lowest BCUT2D eigenvalue weighted by Gasteiger charge is -2.35. The van der Waals surface area contributed by atoms with Crippen LogP contribution >= 0.6 is 0 Å². The Morgan fingerprint density at radius 2 is 2.08 bits per heavy atom. The van der Waals surface area contributed by atoms with Crippen LogP contribution in [0.25, 0.3) is 0 Å². The first-order valence-electron chi connectivity index (χ1n) is 9.28. The summed E-state index contributed by atoms with van der Waals surface area (Å²) in [7, 11) is 0. The molecule has 1 aromatic carbocycles. The van der Waals surface area contributed by atoms with Gasteiger partial charge in [0.05, 0.1) is 18.8 Å². The molecule has 4 N–H and O–H groups in total. The fourth-order valence-corrected chi connectivity index (χ4v) is 4.04. The van der Waals surface area contributed by atoms with E-state index in [0.29, 0.717) is 18.6 Å². The molecule has 2 heterocycles. The summed E-state index contributed by atoms with van der Waals surface area (Å²) in [6.07, 6.45) is 4.40. The van der Waals surface area contributed by atoms with E-state index in [2.05, 4.69) is 10.2 Å². The van der Waals surface area contributed by atoms with Crippen LogP contribution in [0.4, 0.5) is 0 Å². The van der Waals surface area contributed by atoms with Gasteiger partial charge in [0.25, 0.3) is 0 Å². The Labute approximate surface area is 148 Å². The van der Waals surface area contributed by atoms with E-state index in [1.165, 1.54) is 12.8 Å². The zero-order chi connectivity index (χ0) is 17.4. The molecule has 6 heteroatoms. The summed E-state index contributed by atoms with van der Waals surface area (Å²) in [6, 6.07) is 6.84. The molecule has 4 rings (SSSR count). The van der Waals surface area contributed by atoms with Gasteiger partial charge in [0.2, 0.25) is 5.91 Å². The summed E-state index contributed by atoms with van der Waals surface area (Å²) in [6.45, 7) is 2.68. The predicted octanol–water partition coefficient (Wildman–Crippen LogP) is 0.630. The lowest BCUT2D eigenvalue weighted by Crippen LogP contribution is -2.48. The van der Waals surface area contributed by atoms with Crippen molar-refractivity contribution >= 4 is 5.91 Å². The van der Waals surface area contributed by atoms with E-state index in [4.69, 9.17) is 10.5 Å². The number of nitrogens with zero attached hydrogens (tertiary/aromatic N) is 1. The molecule has 1 amide bonds. The largest absolute Gasteiger partial charge is 0.508 e. The first-order valence-corrected chi connectivity index (χ1v) is 9.28. The molecule has 136 valence electrons. The van der Waals surface area contributed by atoms with E-state index in [1.54, 1.807) is 24.3 Å². The van der Waals surface area contributed by atoms with Crippen LogP contribution in [0, 0.1) is 5.92 Å². The number of aromatic hydroxyl groups is 1. The van der Waals surface area contributed by atoms with Gasteiger partial charge >= 0.3 is 0 Å². The molecule has 3 aliphatic rings. The minimum Gasteiger partial charge on any atom is -0.508 e. The Bertz CT molecular complexity index is 617. The minimum atomic E-state index is -0.572. The van der Waals surface area contributed by atoms with E-state index in [-0.39, 0.29) is 17.7 Å². The van der Waals surface area contributed by atoms with E-state index < -0.39 is 6.04 Å². The number of phenols is 1. The van der Waals surface area contributed by atoms with Gasteiger partial charge in [-0.2, -0.15) is 0 Å². The zero-order valence-corrected chi connectivity index (χ0v) is 14.4. The lowest BCUT2D eigenvalue weighted by molar-refractivity contribution is -0.123. The van der Waals surface area contributed by atoms with Crippen LogP contribution in [0.2, 0.25) is 0 Å². The number of nitrogens with two attached hydrogens (primary N) is 1. The molecule has 0 bridgehead atoms. The van der Waals surface area contributed by atoms with Gasteiger partial charge in [0, 0.05) is 25.2 Å². The molecule has 25 heavy (non-hydrogen) atoms. The second-order valence-electron chi connectivity index (χ2n) is 7.74. The molecule has 2 aliphatic heterocycles. The maximum absolute atomic E-state index is 12.4. The normalized spacial score (nSPS) is 30.7. The molecule has 0 spiro atoms. The average molecular weight is 345 g/mol. The molecule has 0 aromatic heterocycles. The molecule has 2 saturated heterocycles. The van der Waals surface area contributed by atoms with Crippen molar-refractivity contribution in [2.24, 2.45) is 11.7 Å². The van der Waals surface area contributed by atoms with Crippen molar-refractivity contribution in [2.45, 2.75) is 49.9 Å². The Kier molecular flexibility index (Phi) is 4.67. The average Bonchev–Trinajstić information content (AvgIpc) is 3.37. The molecule has 0 radical (unpaired) electrons. The molecular formula is C19H27N3O3. The number of rotatable bonds is 5. The zero-order valence-electron chi connectivity index (χ0n) is 14.4. The second kappa shape index (κ2) is 6.94.